The highest BCUT2D eigenvalue weighted by molar-refractivity contribution is 5.97. The van der Waals surface area contributed by atoms with Gasteiger partial charge in [-0.25, -0.2) is 4.79 Å². The summed E-state index contributed by atoms with van der Waals surface area (Å²) in [7, 11) is 1.37. The molecule has 4 heteroatoms. The number of benzene rings is 1. The van der Waals surface area contributed by atoms with Crippen molar-refractivity contribution in [3.63, 3.8) is 0 Å². The summed E-state index contributed by atoms with van der Waals surface area (Å²) < 4.78 is 4.78. The van der Waals surface area contributed by atoms with Crippen LogP contribution in [0.25, 0.3) is 0 Å². The molecule has 1 saturated carbocycles. The van der Waals surface area contributed by atoms with Crippen molar-refractivity contribution in [1.82, 2.24) is 0 Å². The van der Waals surface area contributed by atoms with Crippen LogP contribution in [0.15, 0.2) is 12.1 Å². The Morgan fingerprint density at radius 2 is 2.15 bits per heavy atom. The predicted molar refractivity (Wildman–Crippen MR) is 82.0 cm³/mol. The highest BCUT2D eigenvalue weighted by Crippen LogP contribution is 2.49. The molecule has 0 unspecified atom stereocenters. The molecule has 1 fully saturated rings. The van der Waals surface area contributed by atoms with E-state index in [1.165, 1.54) is 32.8 Å². The number of carbonyl (C=O) groups is 1. The van der Waals surface area contributed by atoms with Crippen molar-refractivity contribution in [2.45, 2.75) is 39.5 Å². The lowest BCUT2D eigenvalue weighted by Gasteiger charge is -2.17. The van der Waals surface area contributed by atoms with Gasteiger partial charge in [-0.15, -0.1) is 0 Å². The number of rotatable bonds is 6. The maximum absolute atomic E-state index is 11.7. The van der Waals surface area contributed by atoms with Crippen molar-refractivity contribution in [2.75, 3.05) is 24.7 Å². The number of carbonyl (C=O) groups excluding carboxylic acids is 1. The van der Waals surface area contributed by atoms with Gasteiger partial charge in [0.15, 0.2) is 0 Å². The third-order valence-electron chi connectivity index (χ3n) is 4.20. The quantitative estimate of drug-likeness (QED) is 0.617. The summed E-state index contributed by atoms with van der Waals surface area (Å²) in [4.78, 5) is 11.7. The lowest BCUT2D eigenvalue weighted by molar-refractivity contribution is 0.0602. The van der Waals surface area contributed by atoms with Crippen LogP contribution >= 0.6 is 0 Å². The van der Waals surface area contributed by atoms with Crippen molar-refractivity contribution >= 4 is 17.3 Å². The first kappa shape index (κ1) is 14.7. The van der Waals surface area contributed by atoms with Crippen LogP contribution in [0.3, 0.4) is 0 Å². The molecule has 1 aromatic carbocycles. The summed E-state index contributed by atoms with van der Waals surface area (Å²) in [5.41, 5.74) is 9.19. The van der Waals surface area contributed by atoms with E-state index in [0.717, 1.165) is 17.8 Å². The maximum Gasteiger partial charge on any atom is 0.340 e. The standard InChI is InChI=1S/C16H24N2O2/c1-4-5-16(6-7-16)10-18-12-8-11(2)14(17)13(9-12)15(19)20-3/h8-9,18H,4-7,10,17H2,1-3H3. The Morgan fingerprint density at radius 3 is 2.70 bits per heavy atom. The normalized spacial score (nSPS) is 15.8. The summed E-state index contributed by atoms with van der Waals surface area (Å²) in [6, 6.07) is 3.78. The average Bonchev–Trinajstić information content (AvgIpc) is 3.20. The number of anilines is 2. The molecular weight excluding hydrogens is 252 g/mol. The van der Waals surface area contributed by atoms with Crippen LogP contribution in [0.1, 0.15) is 48.5 Å². The Kier molecular flexibility index (Phi) is 4.21. The molecule has 0 bridgehead atoms. The molecule has 1 aromatic rings. The van der Waals surface area contributed by atoms with E-state index in [4.69, 9.17) is 10.5 Å². The zero-order chi connectivity index (χ0) is 14.8. The van der Waals surface area contributed by atoms with Gasteiger partial charge in [0.25, 0.3) is 0 Å². The summed E-state index contributed by atoms with van der Waals surface area (Å²) in [5, 5.41) is 3.46. The number of nitrogen functional groups attached to an aromatic ring is 1. The molecule has 2 rings (SSSR count). The SMILES string of the molecule is CCCC1(CNc2cc(C)c(N)c(C(=O)OC)c2)CC1. The topological polar surface area (TPSA) is 64.3 Å². The third-order valence-corrected chi connectivity index (χ3v) is 4.20. The van der Waals surface area contributed by atoms with E-state index < -0.39 is 0 Å². The molecule has 0 heterocycles. The summed E-state index contributed by atoms with van der Waals surface area (Å²) >= 11 is 0. The number of hydrogen-bond acceptors (Lipinski definition) is 4. The molecule has 20 heavy (non-hydrogen) atoms. The Balaban J connectivity index is 2.12. The highest BCUT2D eigenvalue weighted by atomic mass is 16.5. The minimum atomic E-state index is -0.385. The molecular formula is C16H24N2O2. The molecule has 0 amide bonds. The second-order valence-corrected chi connectivity index (χ2v) is 5.85. The number of ether oxygens (including phenoxy) is 1. The van der Waals surface area contributed by atoms with Gasteiger partial charge >= 0.3 is 5.97 Å². The number of aryl methyl sites for hydroxylation is 1. The lowest BCUT2D eigenvalue weighted by Crippen LogP contribution is -2.16. The van der Waals surface area contributed by atoms with Gasteiger partial charge in [-0.3, -0.25) is 0 Å². The second kappa shape index (κ2) is 5.73. The van der Waals surface area contributed by atoms with Gasteiger partial charge in [-0.1, -0.05) is 13.3 Å². The van der Waals surface area contributed by atoms with Gasteiger partial charge in [-0.2, -0.15) is 0 Å². The largest absolute Gasteiger partial charge is 0.465 e. The van der Waals surface area contributed by atoms with Gasteiger partial charge in [0.1, 0.15) is 0 Å². The number of nitrogens with one attached hydrogen (secondary N) is 1. The van der Waals surface area contributed by atoms with Crippen LogP contribution < -0.4 is 11.1 Å². The van der Waals surface area contributed by atoms with Crippen LogP contribution in [-0.4, -0.2) is 19.6 Å². The maximum atomic E-state index is 11.7. The van der Waals surface area contributed by atoms with Crippen LogP contribution in [-0.2, 0) is 4.74 Å². The van der Waals surface area contributed by atoms with E-state index in [0.29, 0.717) is 16.7 Å². The monoisotopic (exact) mass is 276 g/mol. The average molecular weight is 276 g/mol. The van der Waals surface area contributed by atoms with E-state index in [9.17, 15) is 4.79 Å². The van der Waals surface area contributed by atoms with Crippen LogP contribution in [0, 0.1) is 12.3 Å². The van der Waals surface area contributed by atoms with Crippen molar-refractivity contribution in [3.05, 3.63) is 23.3 Å². The number of nitrogens with two attached hydrogens (primary N) is 1. The third kappa shape index (κ3) is 3.06. The number of esters is 1. The van der Waals surface area contributed by atoms with Crippen LogP contribution in [0.5, 0.6) is 0 Å². The lowest BCUT2D eigenvalue weighted by atomic mass is 10.0. The van der Waals surface area contributed by atoms with Gasteiger partial charge < -0.3 is 15.8 Å². The van der Waals surface area contributed by atoms with E-state index in [-0.39, 0.29) is 5.97 Å². The molecule has 0 spiro atoms. The molecule has 0 aliphatic heterocycles. The summed E-state index contributed by atoms with van der Waals surface area (Å²) in [5.74, 6) is -0.385. The van der Waals surface area contributed by atoms with E-state index >= 15 is 0 Å². The fourth-order valence-corrected chi connectivity index (χ4v) is 2.69. The van der Waals surface area contributed by atoms with Crippen LogP contribution in [0.2, 0.25) is 0 Å². The molecule has 0 atom stereocenters. The first-order valence-electron chi connectivity index (χ1n) is 7.23. The van der Waals surface area contributed by atoms with Crippen molar-refractivity contribution < 1.29 is 9.53 Å². The number of hydrogen-bond donors (Lipinski definition) is 2. The molecule has 0 saturated heterocycles. The second-order valence-electron chi connectivity index (χ2n) is 5.85. The molecule has 0 radical (unpaired) electrons. The number of methoxy groups -OCH3 is 1. The minimum Gasteiger partial charge on any atom is -0.465 e. The smallest absolute Gasteiger partial charge is 0.340 e. The zero-order valence-electron chi connectivity index (χ0n) is 12.6. The van der Waals surface area contributed by atoms with Gasteiger partial charge in [-0.05, 0) is 49.3 Å². The summed E-state index contributed by atoms with van der Waals surface area (Å²) in [6.45, 7) is 5.10. The first-order valence-corrected chi connectivity index (χ1v) is 7.23. The molecule has 3 N–H and O–H groups in total. The first-order chi connectivity index (χ1) is 9.51. The molecule has 0 aromatic heterocycles. The van der Waals surface area contributed by atoms with E-state index in [2.05, 4.69) is 12.2 Å². The molecule has 1 aliphatic carbocycles. The Labute approximate surface area is 120 Å². The van der Waals surface area contributed by atoms with Gasteiger partial charge in [0.2, 0.25) is 0 Å². The van der Waals surface area contributed by atoms with E-state index in [1.54, 1.807) is 6.07 Å². The van der Waals surface area contributed by atoms with Crippen molar-refractivity contribution in [2.24, 2.45) is 5.41 Å². The minimum absolute atomic E-state index is 0.385. The van der Waals surface area contributed by atoms with Gasteiger partial charge in [0.05, 0.1) is 12.7 Å². The fourth-order valence-electron chi connectivity index (χ4n) is 2.69. The zero-order valence-corrected chi connectivity index (χ0v) is 12.6. The Bertz CT molecular complexity index is 507. The molecule has 4 nitrogen and oxygen atoms in total. The highest BCUT2D eigenvalue weighted by Gasteiger charge is 2.41. The Hall–Kier alpha value is -1.71. The van der Waals surface area contributed by atoms with Crippen molar-refractivity contribution in [3.8, 4) is 0 Å². The van der Waals surface area contributed by atoms with Gasteiger partial charge in [0, 0.05) is 17.9 Å². The summed E-state index contributed by atoms with van der Waals surface area (Å²) in [6.07, 6.45) is 5.07. The fraction of sp³-hybridized carbons (Fsp3) is 0.562. The molecule has 1 aliphatic rings. The Morgan fingerprint density at radius 1 is 1.45 bits per heavy atom. The predicted octanol–water partition coefficient (Wildman–Crippen LogP) is 3.36. The van der Waals surface area contributed by atoms with Crippen LogP contribution in [0.4, 0.5) is 11.4 Å². The van der Waals surface area contributed by atoms with Crippen molar-refractivity contribution in [1.29, 1.82) is 0 Å². The van der Waals surface area contributed by atoms with E-state index in [1.807, 2.05) is 13.0 Å². The molecule has 110 valence electrons.